The van der Waals surface area contributed by atoms with E-state index in [9.17, 15) is 14.7 Å². The number of carbonyl (C=O) groups is 2. The molecule has 0 fully saturated rings. The molecule has 0 aliphatic heterocycles. The Labute approximate surface area is 152 Å². The quantitative estimate of drug-likeness (QED) is 0.299. The summed E-state index contributed by atoms with van der Waals surface area (Å²) in [4.78, 5) is 24.3. The van der Waals surface area contributed by atoms with E-state index in [1.165, 1.54) is 6.08 Å². The van der Waals surface area contributed by atoms with Gasteiger partial charge in [-0.3, -0.25) is 14.9 Å². The normalized spacial score (nSPS) is 17.4. The number of carboxylic acids is 1. The Kier molecular flexibility index (Phi) is 9.97. The molecule has 2 N–H and O–H groups in total. The molecule has 0 amide bonds. The summed E-state index contributed by atoms with van der Waals surface area (Å²) in [7, 11) is 0. The van der Waals surface area contributed by atoms with E-state index >= 15 is 0 Å². The van der Waals surface area contributed by atoms with Crippen molar-refractivity contribution in [2.75, 3.05) is 13.3 Å². The molecule has 0 aromatic rings. The smallest absolute Gasteiger partial charge is 0.312 e. The van der Waals surface area contributed by atoms with Crippen LogP contribution in [0.4, 0.5) is 0 Å². The third-order valence-electron chi connectivity index (χ3n) is 4.50. The molecule has 0 aromatic carbocycles. The zero-order valence-electron chi connectivity index (χ0n) is 16.6. The van der Waals surface area contributed by atoms with Crippen LogP contribution in [0.25, 0.3) is 0 Å². The van der Waals surface area contributed by atoms with Gasteiger partial charge in [-0.15, -0.1) is 0 Å². The van der Waals surface area contributed by atoms with Gasteiger partial charge in [0, 0.05) is 6.04 Å². The number of esters is 1. The standard InChI is InChI=1S/C19H35NO5/c1-8-10-24-17(23)18(6,9-2)12-19(7,16(21)22)11-15(5)25-13-20-14(3)4/h8,14-15,20H,1,9-13H2,2-7H3,(H,21,22). The second-order valence-corrected chi connectivity index (χ2v) is 7.53. The van der Waals surface area contributed by atoms with Crippen molar-refractivity contribution >= 4 is 11.9 Å². The number of carbonyl (C=O) groups excluding carboxylic acids is 1. The van der Waals surface area contributed by atoms with Crippen molar-refractivity contribution in [1.29, 1.82) is 0 Å². The highest BCUT2D eigenvalue weighted by Crippen LogP contribution is 2.41. The van der Waals surface area contributed by atoms with Gasteiger partial charge in [-0.2, -0.15) is 0 Å². The second-order valence-electron chi connectivity index (χ2n) is 7.53. The summed E-state index contributed by atoms with van der Waals surface area (Å²) in [5.41, 5.74) is -1.96. The van der Waals surface area contributed by atoms with Gasteiger partial charge in [0.1, 0.15) is 6.61 Å². The number of hydrogen-bond donors (Lipinski definition) is 2. The van der Waals surface area contributed by atoms with Gasteiger partial charge in [-0.25, -0.2) is 0 Å². The molecule has 0 rings (SSSR count). The number of carboxylic acid groups (broad SMARTS) is 1. The molecular formula is C19H35NO5. The van der Waals surface area contributed by atoms with E-state index < -0.39 is 22.8 Å². The van der Waals surface area contributed by atoms with Crippen LogP contribution in [0.15, 0.2) is 12.7 Å². The molecular weight excluding hydrogens is 322 g/mol. The SMILES string of the molecule is C=CCOC(=O)C(C)(CC)CC(C)(CC(C)OCNC(C)C)C(=O)O. The van der Waals surface area contributed by atoms with E-state index in [1.54, 1.807) is 13.8 Å². The highest BCUT2D eigenvalue weighted by molar-refractivity contribution is 5.79. The minimum Gasteiger partial charge on any atom is -0.481 e. The predicted molar refractivity (Wildman–Crippen MR) is 98.2 cm³/mol. The van der Waals surface area contributed by atoms with Crippen molar-refractivity contribution in [2.24, 2.45) is 10.8 Å². The molecule has 0 bridgehead atoms. The first-order valence-corrected chi connectivity index (χ1v) is 8.87. The Balaban J connectivity index is 5.06. The van der Waals surface area contributed by atoms with Gasteiger partial charge < -0.3 is 14.6 Å². The monoisotopic (exact) mass is 357 g/mol. The van der Waals surface area contributed by atoms with Gasteiger partial charge in [0.15, 0.2) is 0 Å². The number of aliphatic carboxylic acids is 1. The van der Waals surface area contributed by atoms with Gasteiger partial charge in [0.05, 0.1) is 23.7 Å². The molecule has 6 heteroatoms. The van der Waals surface area contributed by atoms with Crippen LogP contribution in [0.5, 0.6) is 0 Å². The first-order chi connectivity index (χ1) is 11.5. The van der Waals surface area contributed by atoms with Crippen molar-refractivity contribution in [2.45, 2.75) is 73.0 Å². The molecule has 146 valence electrons. The molecule has 0 aliphatic carbocycles. The fourth-order valence-corrected chi connectivity index (χ4v) is 2.80. The second kappa shape index (κ2) is 10.6. The summed E-state index contributed by atoms with van der Waals surface area (Å²) < 4.78 is 10.8. The molecule has 0 aliphatic rings. The first-order valence-electron chi connectivity index (χ1n) is 8.87. The lowest BCUT2D eigenvalue weighted by molar-refractivity contribution is -0.162. The van der Waals surface area contributed by atoms with Crippen molar-refractivity contribution in [3.63, 3.8) is 0 Å². The Morgan fingerprint density at radius 3 is 2.28 bits per heavy atom. The summed E-state index contributed by atoms with van der Waals surface area (Å²) in [5, 5.41) is 12.9. The minimum atomic E-state index is -1.09. The Morgan fingerprint density at radius 2 is 1.84 bits per heavy atom. The van der Waals surface area contributed by atoms with Crippen LogP contribution in [0.2, 0.25) is 0 Å². The van der Waals surface area contributed by atoms with Crippen LogP contribution in [0, 0.1) is 10.8 Å². The molecule has 6 nitrogen and oxygen atoms in total. The molecule has 0 saturated carbocycles. The van der Waals surface area contributed by atoms with Gasteiger partial charge in [0.2, 0.25) is 0 Å². The third kappa shape index (κ3) is 8.01. The lowest BCUT2D eigenvalue weighted by Crippen LogP contribution is -2.41. The largest absolute Gasteiger partial charge is 0.481 e. The number of nitrogens with one attached hydrogen (secondary N) is 1. The van der Waals surface area contributed by atoms with E-state index in [1.807, 2.05) is 27.7 Å². The van der Waals surface area contributed by atoms with Crippen molar-refractivity contribution in [1.82, 2.24) is 5.32 Å². The summed E-state index contributed by atoms with van der Waals surface area (Å²) in [6, 6.07) is 0.293. The van der Waals surface area contributed by atoms with E-state index in [2.05, 4.69) is 11.9 Å². The molecule has 0 spiro atoms. The topological polar surface area (TPSA) is 84.9 Å². The lowest BCUT2D eigenvalue weighted by atomic mass is 9.69. The van der Waals surface area contributed by atoms with Crippen LogP contribution in [0.1, 0.15) is 60.8 Å². The first kappa shape index (κ1) is 23.6. The van der Waals surface area contributed by atoms with Crippen molar-refractivity contribution in [3.8, 4) is 0 Å². The Morgan fingerprint density at radius 1 is 1.24 bits per heavy atom. The Bertz CT molecular complexity index is 451. The zero-order valence-corrected chi connectivity index (χ0v) is 16.6. The highest BCUT2D eigenvalue weighted by Gasteiger charge is 2.45. The molecule has 0 saturated heterocycles. The minimum absolute atomic E-state index is 0.124. The molecule has 0 radical (unpaired) electrons. The molecule has 0 heterocycles. The number of hydrogen-bond acceptors (Lipinski definition) is 5. The number of rotatable bonds is 13. The van der Waals surface area contributed by atoms with Crippen LogP contribution >= 0.6 is 0 Å². The van der Waals surface area contributed by atoms with E-state index in [-0.39, 0.29) is 19.1 Å². The molecule has 3 atom stereocenters. The van der Waals surface area contributed by atoms with E-state index in [0.717, 1.165) is 0 Å². The van der Waals surface area contributed by atoms with Crippen LogP contribution < -0.4 is 5.32 Å². The summed E-state index contributed by atoms with van der Waals surface area (Å²) in [6.07, 6.45) is 2.25. The van der Waals surface area contributed by atoms with E-state index in [0.29, 0.717) is 25.6 Å². The maximum Gasteiger partial charge on any atom is 0.312 e. The predicted octanol–water partition coefficient (Wildman–Crippen LogP) is 3.36. The molecule has 0 aromatic heterocycles. The fraction of sp³-hybridized carbons (Fsp3) is 0.789. The fourth-order valence-electron chi connectivity index (χ4n) is 2.80. The maximum absolute atomic E-state index is 12.4. The average molecular weight is 357 g/mol. The summed E-state index contributed by atoms with van der Waals surface area (Å²) >= 11 is 0. The summed E-state index contributed by atoms with van der Waals surface area (Å²) in [5.74, 6) is -1.33. The van der Waals surface area contributed by atoms with Gasteiger partial charge >= 0.3 is 11.9 Å². The van der Waals surface area contributed by atoms with Crippen molar-refractivity contribution in [3.05, 3.63) is 12.7 Å². The van der Waals surface area contributed by atoms with Crippen molar-refractivity contribution < 1.29 is 24.2 Å². The van der Waals surface area contributed by atoms with Gasteiger partial charge in [-0.05, 0) is 53.9 Å². The zero-order chi connectivity index (χ0) is 19.7. The summed E-state index contributed by atoms with van der Waals surface area (Å²) in [6.45, 7) is 15.2. The molecule has 3 unspecified atom stereocenters. The van der Waals surface area contributed by atoms with Crippen LogP contribution in [0.3, 0.4) is 0 Å². The average Bonchev–Trinajstić information content (AvgIpc) is 2.51. The highest BCUT2D eigenvalue weighted by atomic mass is 16.5. The molecule has 25 heavy (non-hydrogen) atoms. The van der Waals surface area contributed by atoms with Crippen LogP contribution in [-0.2, 0) is 19.1 Å². The lowest BCUT2D eigenvalue weighted by Gasteiger charge is -2.36. The third-order valence-corrected chi connectivity index (χ3v) is 4.50. The van der Waals surface area contributed by atoms with E-state index in [4.69, 9.17) is 9.47 Å². The van der Waals surface area contributed by atoms with Gasteiger partial charge in [0.25, 0.3) is 0 Å². The maximum atomic E-state index is 12.4. The van der Waals surface area contributed by atoms with Gasteiger partial charge in [-0.1, -0.05) is 19.6 Å². The Hall–Kier alpha value is -1.40. The number of ether oxygens (including phenoxy) is 2. The van der Waals surface area contributed by atoms with Crippen LogP contribution in [-0.4, -0.2) is 42.5 Å².